The largest absolute Gasteiger partial charge is 0.490 e. The molecule has 1 saturated carbocycles. The summed E-state index contributed by atoms with van der Waals surface area (Å²) >= 11 is 0. The normalized spacial score (nSPS) is 20.7. The molecule has 0 radical (unpaired) electrons. The van der Waals surface area contributed by atoms with Crippen molar-refractivity contribution in [1.29, 1.82) is 0 Å². The molecular formula is C38H43F3O. The van der Waals surface area contributed by atoms with Crippen molar-refractivity contribution in [3.63, 3.8) is 0 Å². The van der Waals surface area contributed by atoms with Gasteiger partial charge in [-0.1, -0.05) is 74.7 Å². The van der Waals surface area contributed by atoms with E-state index in [1.807, 2.05) is 25.1 Å². The Bertz CT molecular complexity index is 1380. The Kier molecular flexibility index (Phi) is 10.3. The van der Waals surface area contributed by atoms with Crippen LogP contribution >= 0.6 is 0 Å². The quantitative estimate of drug-likeness (QED) is 0.164. The summed E-state index contributed by atoms with van der Waals surface area (Å²) < 4.78 is 50.1. The maximum Gasteiger partial charge on any atom is 0.201 e. The van der Waals surface area contributed by atoms with Crippen molar-refractivity contribution in [2.45, 2.75) is 77.6 Å². The molecule has 42 heavy (non-hydrogen) atoms. The number of halogens is 3. The zero-order valence-corrected chi connectivity index (χ0v) is 24.8. The van der Waals surface area contributed by atoms with Gasteiger partial charge < -0.3 is 4.74 Å². The van der Waals surface area contributed by atoms with Gasteiger partial charge in [-0.15, -0.1) is 6.58 Å². The van der Waals surface area contributed by atoms with Gasteiger partial charge in [0.1, 0.15) is 5.82 Å². The lowest BCUT2D eigenvalue weighted by Crippen LogP contribution is -2.23. The van der Waals surface area contributed by atoms with Crippen molar-refractivity contribution in [2.24, 2.45) is 17.8 Å². The SMILES string of the molecule is C=CCCC1CCC(C2CC=C(c3ccc(-c4ccc(-c5ccc(OCCCC)c(F)c5F)cc4)c(F)c3)CC2)CC1. The zero-order chi connectivity index (χ0) is 29.5. The molecule has 2 aliphatic carbocycles. The molecule has 5 rings (SSSR count). The van der Waals surface area contributed by atoms with E-state index in [1.165, 1.54) is 56.2 Å². The number of hydrogen-bond acceptors (Lipinski definition) is 1. The van der Waals surface area contributed by atoms with Crippen molar-refractivity contribution in [3.05, 3.63) is 96.3 Å². The van der Waals surface area contributed by atoms with Gasteiger partial charge in [0.25, 0.3) is 0 Å². The van der Waals surface area contributed by atoms with E-state index < -0.39 is 11.6 Å². The minimum absolute atomic E-state index is 0.0749. The summed E-state index contributed by atoms with van der Waals surface area (Å²) in [7, 11) is 0. The number of hydrogen-bond donors (Lipinski definition) is 0. The molecule has 0 amide bonds. The van der Waals surface area contributed by atoms with E-state index in [-0.39, 0.29) is 17.1 Å². The van der Waals surface area contributed by atoms with Gasteiger partial charge in [-0.05, 0) is 110 Å². The van der Waals surface area contributed by atoms with Crippen LogP contribution in [0, 0.1) is 35.2 Å². The van der Waals surface area contributed by atoms with Crippen molar-refractivity contribution < 1.29 is 17.9 Å². The summed E-state index contributed by atoms with van der Waals surface area (Å²) in [4.78, 5) is 0. The van der Waals surface area contributed by atoms with Crippen LogP contribution in [-0.2, 0) is 0 Å². The topological polar surface area (TPSA) is 9.23 Å². The van der Waals surface area contributed by atoms with Gasteiger partial charge in [-0.2, -0.15) is 4.39 Å². The standard InChI is InChI=1S/C38H43F3O/c1-3-5-7-26-8-10-27(11-9-26)28-12-14-29(15-13-28)32-20-21-33(35(39)25-32)30-16-18-31(19-17-30)34-22-23-36(38(41)37(34)40)42-24-6-4-2/h3,14,16-23,25-28H,1,4-13,15,24H2,2H3. The first kappa shape index (κ1) is 30.2. The van der Waals surface area contributed by atoms with Crippen LogP contribution in [0.4, 0.5) is 13.2 Å². The Morgan fingerprint density at radius 1 is 0.810 bits per heavy atom. The summed E-state index contributed by atoms with van der Waals surface area (Å²) in [5, 5.41) is 0. The zero-order valence-electron chi connectivity index (χ0n) is 24.8. The number of allylic oxidation sites excluding steroid dienone is 3. The molecule has 1 unspecified atom stereocenters. The summed E-state index contributed by atoms with van der Waals surface area (Å²) in [5.74, 6) is 0.182. The molecule has 0 heterocycles. The highest BCUT2D eigenvalue weighted by Gasteiger charge is 2.28. The Morgan fingerprint density at radius 3 is 2.14 bits per heavy atom. The fourth-order valence-corrected chi connectivity index (χ4v) is 6.82. The molecule has 4 heteroatoms. The van der Waals surface area contributed by atoms with Crippen molar-refractivity contribution in [3.8, 4) is 28.0 Å². The lowest BCUT2D eigenvalue weighted by molar-refractivity contribution is 0.190. The molecule has 0 bridgehead atoms. The summed E-state index contributed by atoms with van der Waals surface area (Å²) in [6.45, 7) is 6.22. The molecule has 1 atom stereocenters. The third-order valence-electron chi connectivity index (χ3n) is 9.44. The van der Waals surface area contributed by atoms with Crippen LogP contribution < -0.4 is 4.74 Å². The second-order valence-corrected chi connectivity index (χ2v) is 12.1. The smallest absolute Gasteiger partial charge is 0.201 e. The van der Waals surface area contributed by atoms with Crippen molar-refractivity contribution in [2.75, 3.05) is 6.61 Å². The van der Waals surface area contributed by atoms with E-state index in [0.717, 1.165) is 55.4 Å². The van der Waals surface area contributed by atoms with E-state index in [1.54, 1.807) is 30.3 Å². The van der Waals surface area contributed by atoms with Crippen molar-refractivity contribution in [1.82, 2.24) is 0 Å². The molecule has 1 nitrogen and oxygen atoms in total. The highest BCUT2D eigenvalue weighted by atomic mass is 19.2. The van der Waals surface area contributed by atoms with E-state index >= 15 is 4.39 Å². The molecule has 0 aliphatic heterocycles. The van der Waals surface area contributed by atoms with Crippen LogP contribution in [0.1, 0.15) is 83.1 Å². The molecule has 0 N–H and O–H groups in total. The van der Waals surface area contributed by atoms with Crippen LogP contribution in [0.5, 0.6) is 5.75 Å². The summed E-state index contributed by atoms with van der Waals surface area (Å²) in [6, 6.07) is 15.4. The van der Waals surface area contributed by atoms with Gasteiger partial charge >= 0.3 is 0 Å². The highest BCUT2D eigenvalue weighted by molar-refractivity contribution is 5.74. The first-order chi connectivity index (χ1) is 20.5. The first-order valence-corrected chi connectivity index (χ1v) is 15.8. The maximum absolute atomic E-state index is 15.3. The molecule has 3 aromatic carbocycles. The molecular weight excluding hydrogens is 529 g/mol. The molecule has 0 aromatic heterocycles. The van der Waals surface area contributed by atoms with Crippen molar-refractivity contribution >= 4 is 5.57 Å². The maximum atomic E-state index is 15.3. The van der Waals surface area contributed by atoms with Gasteiger partial charge in [-0.25, -0.2) is 8.78 Å². The molecule has 0 spiro atoms. The second kappa shape index (κ2) is 14.3. The van der Waals surface area contributed by atoms with Crippen LogP contribution in [0.15, 0.2) is 73.3 Å². The lowest BCUT2D eigenvalue weighted by Gasteiger charge is -2.35. The third kappa shape index (κ3) is 7.02. The predicted molar refractivity (Wildman–Crippen MR) is 168 cm³/mol. The van der Waals surface area contributed by atoms with E-state index in [9.17, 15) is 8.78 Å². The molecule has 3 aromatic rings. The summed E-state index contributed by atoms with van der Waals surface area (Å²) in [5.41, 5.74) is 4.08. The monoisotopic (exact) mass is 572 g/mol. The van der Waals surface area contributed by atoms with Gasteiger partial charge in [0, 0.05) is 11.1 Å². The Balaban J connectivity index is 1.22. The number of ether oxygens (including phenoxy) is 1. The Labute approximate surface area is 249 Å². The third-order valence-corrected chi connectivity index (χ3v) is 9.44. The van der Waals surface area contributed by atoms with Crippen LogP contribution in [-0.4, -0.2) is 6.61 Å². The molecule has 0 saturated heterocycles. The fourth-order valence-electron chi connectivity index (χ4n) is 6.82. The molecule has 222 valence electrons. The van der Waals surface area contributed by atoms with Gasteiger partial charge in [0.2, 0.25) is 5.82 Å². The Morgan fingerprint density at radius 2 is 1.50 bits per heavy atom. The van der Waals surface area contributed by atoms with Crippen LogP contribution in [0.3, 0.4) is 0 Å². The average molecular weight is 573 g/mol. The van der Waals surface area contributed by atoms with Crippen LogP contribution in [0.25, 0.3) is 27.8 Å². The van der Waals surface area contributed by atoms with E-state index in [0.29, 0.717) is 23.3 Å². The predicted octanol–water partition coefficient (Wildman–Crippen LogP) is 11.6. The van der Waals surface area contributed by atoms with Gasteiger partial charge in [-0.3, -0.25) is 0 Å². The molecule has 2 aliphatic rings. The van der Waals surface area contributed by atoms with Gasteiger partial charge in [0.15, 0.2) is 11.6 Å². The minimum atomic E-state index is -0.982. The van der Waals surface area contributed by atoms with Gasteiger partial charge in [0.05, 0.1) is 6.61 Å². The lowest BCUT2D eigenvalue weighted by atomic mass is 9.70. The minimum Gasteiger partial charge on any atom is -0.490 e. The first-order valence-electron chi connectivity index (χ1n) is 15.8. The van der Waals surface area contributed by atoms with E-state index in [4.69, 9.17) is 4.74 Å². The molecule has 1 fully saturated rings. The number of rotatable bonds is 11. The van der Waals surface area contributed by atoms with E-state index in [2.05, 4.69) is 12.7 Å². The summed E-state index contributed by atoms with van der Waals surface area (Å²) in [6.07, 6.45) is 17.2. The second-order valence-electron chi connectivity index (χ2n) is 12.1. The highest BCUT2D eigenvalue weighted by Crippen LogP contribution is 2.42. The fraction of sp³-hybridized carbons (Fsp3) is 0.421. The number of unbranched alkanes of at least 4 members (excludes halogenated alkanes) is 1. The van der Waals surface area contributed by atoms with Crippen LogP contribution in [0.2, 0.25) is 0 Å². The number of benzene rings is 3. The Hall–Kier alpha value is -3.27. The average Bonchev–Trinajstić information content (AvgIpc) is 3.03.